The molecule has 2 aromatic carbocycles. The van der Waals surface area contributed by atoms with E-state index in [-0.39, 0.29) is 30.2 Å². The number of fused-ring (bicyclic) bond motifs is 1. The number of hydrogen-bond acceptors (Lipinski definition) is 4. The molecule has 32 heavy (non-hydrogen) atoms. The van der Waals surface area contributed by atoms with Crippen molar-refractivity contribution in [3.05, 3.63) is 66.2 Å². The maximum absolute atomic E-state index is 13.4. The zero-order valence-electron chi connectivity index (χ0n) is 18.1. The maximum atomic E-state index is 13.4. The Kier molecular flexibility index (Phi) is 6.54. The van der Waals surface area contributed by atoms with Crippen molar-refractivity contribution in [3.8, 4) is 5.75 Å². The van der Waals surface area contributed by atoms with Gasteiger partial charge in [-0.15, -0.1) is 0 Å². The highest BCUT2D eigenvalue weighted by Gasteiger charge is 2.37. The van der Waals surface area contributed by atoms with E-state index in [1.165, 1.54) is 0 Å². The van der Waals surface area contributed by atoms with Crippen LogP contribution in [0.15, 0.2) is 60.7 Å². The lowest BCUT2D eigenvalue weighted by molar-refractivity contribution is -0.132. The minimum atomic E-state index is -0.747. The van der Waals surface area contributed by atoms with E-state index in [0.717, 1.165) is 5.56 Å². The molecule has 0 radical (unpaired) electrons. The number of carbonyl (C=O) groups excluding carboxylic acids is 3. The largest absolute Gasteiger partial charge is 0.477 e. The average Bonchev–Trinajstić information content (AvgIpc) is 2.86. The number of rotatable bonds is 4. The summed E-state index contributed by atoms with van der Waals surface area (Å²) in [6.45, 7) is 1.23. The fraction of sp³-hybridized carbons (Fsp3) is 0.320. The van der Waals surface area contributed by atoms with E-state index >= 15 is 0 Å². The van der Waals surface area contributed by atoms with Crippen molar-refractivity contribution in [3.63, 3.8) is 0 Å². The summed E-state index contributed by atoms with van der Waals surface area (Å²) < 4.78 is 5.80. The molecule has 0 spiro atoms. The SMILES string of the molecule is CNC(=O)[C@H]1CN(C(=O)C2CCN(C(=O)/C=C\c3ccccc3)CC2)c2ccccc2O1. The van der Waals surface area contributed by atoms with Crippen LogP contribution in [0.5, 0.6) is 5.75 Å². The van der Waals surface area contributed by atoms with Crippen LogP contribution in [0.1, 0.15) is 18.4 Å². The second-order valence-corrected chi connectivity index (χ2v) is 7.98. The van der Waals surface area contributed by atoms with Crippen LogP contribution in [-0.4, -0.2) is 55.4 Å². The summed E-state index contributed by atoms with van der Waals surface area (Å²) in [6.07, 6.45) is 3.83. The molecule has 1 N–H and O–H groups in total. The smallest absolute Gasteiger partial charge is 0.262 e. The highest BCUT2D eigenvalue weighted by Crippen LogP contribution is 2.35. The van der Waals surface area contributed by atoms with Crippen LogP contribution < -0.4 is 15.0 Å². The summed E-state index contributed by atoms with van der Waals surface area (Å²) in [6, 6.07) is 17.0. The number of anilines is 1. The van der Waals surface area contributed by atoms with Gasteiger partial charge < -0.3 is 19.9 Å². The minimum Gasteiger partial charge on any atom is -0.477 e. The number of nitrogens with zero attached hydrogens (tertiary/aromatic N) is 2. The molecule has 7 heteroatoms. The van der Waals surface area contributed by atoms with Crippen LogP contribution in [-0.2, 0) is 14.4 Å². The summed E-state index contributed by atoms with van der Waals surface area (Å²) in [5.74, 6) is -0.00587. The van der Waals surface area contributed by atoms with Crippen LogP contribution in [0.3, 0.4) is 0 Å². The van der Waals surface area contributed by atoms with Gasteiger partial charge in [0.2, 0.25) is 11.8 Å². The van der Waals surface area contributed by atoms with Gasteiger partial charge in [0.15, 0.2) is 6.10 Å². The fourth-order valence-corrected chi connectivity index (χ4v) is 4.14. The van der Waals surface area contributed by atoms with E-state index in [9.17, 15) is 14.4 Å². The predicted octanol–water partition coefficient (Wildman–Crippen LogP) is 2.48. The van der Waals surface area contributed by atoms with Gasteiger partial charge in [-0.05, 0) is 36.6 Å². The third-order valence-electron chi connectivity index (χ3n) is 5.95. The van der Waals surface area contributed by atoms with E-state index in [1.807, 2.05) is 54.6 Å². The number of nitrogens with one attached hydrogen (secondary N) is 1. The lowest BCUT2D eigenvalue weighted by atomic mass is 9.94. The van der Waals surface area contributed by atoms with E-state index in [0.29, 0.717) is 37.4 Å². The number of carbonyl (C=O) groups is 3. The first-order valence-corrected chi connectivity index (χ1v) is 10.9. The number of likely N-dealkylation sites (tertiary alicyclic amines) is 1. The molecular formula is C25H27N3O4. The highest BCUT2D eigenvalue weighted by atomic mass is 16.5. The van der Waals surface area contributed by atoms with Gasteiger partial charge >= 0.3 is 0 Å². The van der Waals surface area contributed by atoms with Gasteiger partial charge in [0.1, 0.15) is 5.75 Å². The van der Waals surface area contributed by atoms with Gasteiger partial charge in [0.05, 0.1) is 12.2 Å². The Morgan fingerprint density at radius 3 is 2.41 bits per heavy atom. The highest BCUT2D eigenvalue weighted by molar-refractivity contribution is 5.99. The Morgan fingerprint density at radius 1 is 1.00 bits per heavy atom. The van der Waals surface area contributed by atoms with Crippen molar-refractivity contribution in [2.24, 2.45) is 5.92 Å². The number of para-hydroxylation sites is 2. The van der Waals surface area contributed by atoms with Crippen molar-refractivity contribution in [2.45, 2.75) is 18.9 Å². The Bertz CT molecular complexity index is 1010. The lowest BCUT2D eigenvalue weighted by Gasteiger charge is -2.38. The summed E-state index contributed by atoms with van der Waals surface area (Å²) in [5, 5.41) is 2.59. The van der Waals surface area contributed by atoms with E-state index in [2.05, 4.69) is 5.32 Å². The molecule has 1 atom stereocenters. The average molecular weight is 434 g/mol. The Balaban J connectivity index is 1.40. The molecule has 0 aromatic heterocycles. The maximum Gasteiger partial charge on any atom is 0.262 e. The quantitative estimate of drug-likeness (QED) is 0.752. The zero-order chi connectivity index (χ0) is 22.5. The molecule has 2 aliphatic heterocycles. The van der Waals surface area contributed by atoms with Gasteiger partial charge in [0.25, 0.3) is 5.91 Å². The molecule has 2 aromatic rings. The van der Waals surface area contributed by atoms with Gasteiger partial charge in [-0.2, -0.15) is 0 Å². The second kappa shape index (κ2) is 9.68. The monoisotopic (exact) mass is 433 g/mol. The molecule has 166 valence electrons. The van der Waals surface area contributed by atoms with Crippen molar-refractivity contribution in [1.29, 1.82) is 0 Å². The van der Waals surface area contributed by atoms with Crippen LogP contribution in [0, 0.1) is 5.92 Å². The fourth-order valence-electron chi connectivity index (χ4n) is 4.14. The molecule has 1 fully saturated rings. The van der Waals surface area contributed by atoms with Gasteiger partial charge in [-0.25, -0.2) is 0 Å². The molecular weight excluding hydrogens is 406 g/mol. The predicted molar refractivity (Wildman–Crippen MR) is 122 cm³/mol. The van der Waals surface area contributed by atoms with Crippen LogP contribution in [0.2, 0.25) is 0 Å². The summed E-state index contributed by atoms with van der Waals surface area (Å²) in [4.78, 5) is 41.6. The van der Waals surface area contributed by atoms with Crippen LogP contribution >= 0.6 is 0 Å². The molecule has 4 rings (SSSR count). The summed E-state index contributed by atoms with van der Waals surface area (Å²) >= 11 is 0. The van der Waals surface area contributed by atoms with E-state index in [1.54, 1.807) is 29.0 Å². The van der Waals surface area contributed by atoms with E-state index < -0.39 is 6.10 Å². The third-order valence-corrected chi connectivity index (χ3v) is 5.95. The van der Waals surface area contributed by atoms with Crippen molar-refractivity contribution >= 4 is 29.5 Å². The molecule has 0 unspecified atom stereocenters. The van der Waals surface area contributed by atoms with E-state index in [4.69, 9.17) is 4.74 Å². The lowest BCUT2D eigenvalue weighted by Crippen LogP contribution is -2.52. The number of likely N-dealkylation sites (N-methyl/N-ethyl adjacent to an activating group) is 1. The molecule has 0 saturated carbocycles. The Labute approximate surface area is 187 Å². The molecule has 7 nitrogen and oxygen atoms in total. The molecule has 0 aliphatic carbocycles. The summed E-state index contributed by atoms with van der Waals surface area (Å²) in [5.41, 5.74) is 1.66. The van der Waals surface area contributed by atoms with Crippen molar-refractivity contribution in [2.75, 3.05) is 31.6 Å². The van der Waals surface area contributed by atoms with Crippen molar-refractivity contribution < 1.29 is 19.1 Å². The molecule has 0 bridgehead atoms. The second-order valence-electron chi connectivity index (χ2n) is 7.98. The van der Waals surface area contributed by atoms with Gasteiger partial charge in [0, 0.05) is 32.1 Å². The van der Waals surface area contributed by atoms with Crippen molar-refractivity contribution in [1.82, 2.24) is 10.2 Å². The Hall–Kier alpha value is -3.61. The number of amides is 3. The van der Waals surface area contributed by atoms with Crippen LogP contribution in [0.25, 0.3) is 6.08 Å². The first-order chi connectivity index (χ1) is 15.6. The van der Waals surface area contributed by atoms with Gasteiger partial charge in [-0.1, -0.05) is 42.5 Å². The normalized spacial score (nSPS) is 18.7. The van der Waals surface area contributed by atoms with Gasteiger partial charge in [-0.3, -0.25) is 14.4 Å². The molecule has 1 saturated heterocycles. The topological polar surface area (TPSA) is 79.0 Å². The third kappa shape index (κ3) is 4.66. The molecule has 2 heterocycles. The Morgan fingerprint density at radius 2 is 1.69 bits per heavy atom. The zero-order valence-corrected chi connectivity index (χ0v) is 18.1. The van der Waals surface area contributed by atoms with Crippen LogP contribution in [0.4, 0.5) is 5.69 Å². The first kappa shape index (κ1) is 21.6. The molecule has 2 aliphatic rings. The minimum absolute atomic E-state index is 0.0263. The number of benzene rings is 2. The number of ether oxygens (including phenoxy) is 1. The number of hydrogen-bond donors (Lipinski definition) is 1. The summed E-state index contributed by atoms with van der Waals surface area (Å²) in [7, 11) is 1.55. The standard InChI is InChI=1S/C25H27N3O4/c1-26-24(30)22-17-28(20-9-5-6-10-21(20)32-22)25(31)19-13-15-27(16-14-19)23(29)12-11-18-7-3-2-4-8-18/h2-12,19,22H,13-17H2,1H3,(H,26,30)/b12-11-/t22-/m1/s1. The first-order valence-electron chi connectivity index (χ1n) is 10.9. The number of piperidine rings is 1. The molecule has 3 amide bonds.